The van der Waals surface area contributed by atoms with Crippen LogP contribution in [0.1, 0.15) is 32.3 Å². The Kier molecular flexibility index (Phi) is 9.11. The largest absolute Gasteiger partial charge is 0.497 e. The lowest BCUT2D eigenvalue weighted by molar-refractivity contribution is 0.194. The van der Waals surface area contributed by atoms with Crippen molar-refractivity contribution in [2.24, 2.45) is 11.8 Å². The number of ether oxygens (including phenoxy) is 2. The molecule has 0 saturated carbocycles. The standard InChI is InChI=1S/C18H31NO2/c1-5-16(6-2)17(14-19-11-12-20-3)13-15-7-9-18(21-4)10-8-15/h7-10,16-17,19H,5-6,11-14H2,1-4H3. The molecule has 0 aromatic heterocycles. The maximum atomic E-state index is 5.23. The van der Waals surface area contributed by atoms with E-state index in [1.807, 2.05) is 0 Å². The van der Waals surface area contributed by atoms with E-state index in [1.54, 1.807) is 14.2 Å². The molecule has 0 bridgehead atoms. The fourth-order valence-electron chi connectivity index (χ4n) is 2.89. The summed E-state index contributed by atoms with van der Waals surface area (Å²) < 4.78 is 10.3. The first-order valence-corrected chi connectivity index (χ1v) is 8.07. The van der Waals surface area contributed by atoms with E-state index in [9.17, 15) is 0 Å². The number of hydrogen-bond acceptors (Lipinski definition) is 3. The smallest absolute Gasteiger partial charge is 0.118 e. The topological polar surface area (TPSA) is 30.5 Å². The molecule has 0 aliphatic heterocycles. The van der Waals surface area contributed by atoms with Crippen LogP contribution in [0, 0.1) is 11.8 Å². The SMILES string of the molecule is CCC(CC)C(CNCCOC)Cc1ccc(OC)cc1. The Morgan fingerprint density at radius 3 is 2.19 bits per heavy atom. The Bertz CT molecular complexity index is 360. The maximum absolute atomic E-state index is 5.23. The molecule has 1 aromatic rings. The van der Waals surface area contributed by atoms with Crippen molar-refractivity contribution in [3.05, 3.63) is 29.8 Å². The van der Waals surface area contributed by atoms with Crippen LogP contribution in [0.5, 0.6) is 5.75 Å². The van der Waals surface area contributed by atoms with Gasteiger partial charge in [-0.15, -0.1) is 0 Å². The highest BCUT2D eigenvalue weighted by atomic mass is 16.5. The molecule has 3 heteroatoms. The highest BCUT2D eigenvalue weighted by Crippen LogP contribution is 2.24. The maximum Gasteiger partial charge on any atom is 0.118 e. The molecule has 0 radical (unpaired) electrons. The van der Waals surface area contributed by atoms with Crippen LogP contribution in [-0.2, 0) is 11.2 Å². The van der Waals surface area contributed by atoms with Crippen LogP contribution in [0.3, 0.4) is 0 Å². The molecular weight excluding hydrogens is 262 g/mol. The summed E-state index contributed by atoms with van der Waals surface area (Å²) in [6.45, 7) is 7.35. The Balaban J connectivity index is 2.61. The van der Waals surface area contributed by atoms with Gasteiger partial charge in [-0.1, -0.05) is 38.8 Å². The van der Waals surface area contributed by atoms with Gasteiger partial charge in [-0.25, -0.2) is 0 Å². The minimum absolute atomic E-state index is 0.672. The zero-order chi connectivity index (χ0) is 15.5. The van der Waals surface area contributed by atoms with Crippen LogP contribution in [0.25, 0.3) is 0 Å². The highest BCUT2D eigenvalue weighted by molar-refractivity contribution is 5.27. The van der Waals surface area contributed by atoms with Gasteiger partial charge in [0.1, 0.15) is 5.75 Å². The molecule has 1 aromatic carbocycles. The fourth-order valence-corrected chi connectivity index (χ4v) is 2.89. The van der Waals surface area contributed by atoms with Gasteiger partial charge in [0.25, 0.3) is 0 Å². The van der Waals surface area contributed by atoms with E-state index >= 15 is 0 Å². The van der Waals surface area contributed by atoms with Crippen molar-refractivity contribution in [2.45, 2.75) is 33.1 Å². The number of nitrogens with one attached hydrogen (secondary N) is 1. The molecule has 1 rings (SSSR count). The number of hydrogen-bond donors (Lipinski definition) is 1. The van der Waals surface area contributed by atoms with Crippen molar-refractivity contribution in [3.63, 3.8) is 0 Å². The van der Waals surface area contributed by atoms with E-state index in [1.165, 1.54) is 18.4 Å². The summed E-state index contributed by atoms with van der Waals surface area (Å²) in [7, 11) is 3.46. The van der Waals surface area contributed by atoms with Gasteiger partial charge in [0, 0.05) is 13.7 Å². The second-order valence-corrected chi connectivity index (χ2v) is 5.59. The van der Waals surface area contributed by atoms with Gasteiger partial charge < -0.3 is 14.8 Å². The van der Waals surface area contributed by atoms with Gasteiger partial charge in [0.05, 0.1) is 13.7 Å². The Morgan fingerprint density at radius 1 is 1.00 bits per heavy atom. The number of methoxy groups -OCH3 is 2. The molecule has 21 heavy (non-hydrogen) atoms. The Hall–Kier alpha value is -1.06. The summed E-state index contributed by atoms with van der Waals surface area (Å²) in [5.41, 5.74) is 1.39. The first-order chi connectivity index (χ1) is 10.2. The Labute approximate surface area is 130 Å². The number of benzene rings is 1. The van der Waals surface area contributed by atoms with E-state index < -0.39 is 0 Å². The fraction of sp³-hybridized carbons (Fsp3) is 0.667. The van der Waals surface area contributed by atoms with Crippen LogP contribution in [0.4, 0.5) is 0 Å². The molecule has 0 aliphatic rings. The minimum atomic E-state index is 0.672. The molecule has 1 unspecified atom stereocenters. The molecule has 0 aliphatic carbocycles. The lowest BCUT2D eigenvalue weighted by atomic mass is 9.83. The van der Waals surface area contributed by atoms with Crippen molar-refractivity contribution in [2.75, 3.05) is 33.9 Å². The van der Waals surface area contributed by atoms with Gasteiger partial charge in [-0.05, 0) is 42.5 Å². The molecule has 0 amide bonds. The second kappa shape index (κ2) is 10.6. The van der Waals surface area contributed by atoms with Crippen molar-refractivity contribution < 1.29 is 9.47 Å². The molecule has 0 spiro atoms. The predicted octanol–water partition coefficient (Wildman–Crippen LogP) is 3.53. The lowest BCUT2D eigenvalue weighted by Crippen LogP contribution is -2.31. The molecule has 0 saturated heterocycles. The number of rotatable bonds is 11. The zero-order valence-corrected chi connectivity index (χ0v) is 14.0. The van der Waals surface area contributed by atoms with Crippen LogP contribution in [0.2, 0.25) is 0 Å². The van der Waals surface area contributed by atoms with Gasteiger partial charge in [-0.3, -0.25) is 0 Å². The van der Waals surface area contributed by atoms with Crippen molar-refractivity contribution in [3.8, 4) is 5.75 Å². The average molecular weight is 293 g/mol. The van der Waals surface area contributed by atoms with Crippen LogP contribution in [-0.4, -0.2) is 33.9 Å². The molecule has 1 atom stereocenters. The summed E-state index contributed by atoms with van der Waals surface area (Å²) in [4.78, 5) is 0. The summed E-state index contributed by atoms with van der Waals surface area (Å²) in [6.07, 6.45) is 3.60. The van der Waals surface area contributed by atoms with Gasteiger partial charge in [-0.2, -0.15) is 0 Å². The average Bonchev–Trinajstić information content (AvgIpc) is 2.53. The van der Waals surface area contributed by atoms with E-state index in [0.29, 0.717) is 5.92 Å². The molecule has 0 fully saturated rings. The summed E-state index contributed by atoms with van der Waals surface area (Å²) in [6, 6.07) is 8.47. The minimum Gasteiger partial charge on any atom is -0.497 e. The van der Waals surface area contributed by atoms with Crippen molar-refractivity contribution >= 4 is 0 Å². The summed E-state index contributed by atoms with van der Waals surface area (Å²) in [5, 5.41) is 3.53. The first-order valence-electron chi connectivity index (χ1n) is 8.07. The van der Waals surface area contributed by atoms with Crippen molar-refractivity contribution in [1.29, 1.82) is 0 Å². The van der Waals surface area contributed by atoms with Gasteiger partial charge >= 0.3 is 0 Å². The third-order valence-electron chi connectivity index (χ3n) is 4.26. The molecular formula is C18H31NO2. The van der Waals surface area contributed by atoms with Gasteiger partial charge in [0.2, 0.25) is 0 Å². The third kappa shape index (κ3) is 6.49. The van der Waals surface area contributed by atoms with Crippen LogP contribution < -0.4 is 10.1 Å². The molecule has 1 N–H and O–H groups in total. The van der Waals surface area contributed by atoms with Crippen LogP contribution in [0.15, 0.2) is 24.3 Å². The van der Waals surface area contributed by atoms with E-state index in [0.717, 1.165) is 37.8 Å². The zero-order valence-electron chi connectivity index (χ0n) is 14.0. The lowest BCUT2D eigenvalue weighted by Gasteiger charge is -2.26. The van der Waals surface area contributed by atoms with Gasteiger partial charge in [0.15, 0.2) is 0 Å². The molecule has 0 heterocycles. The normalized spacial score (nSPS) is 12.6. The monoisotopic (exact) mass is 293 g/mol. The van der Waals surface area contributed by atoms with E-state index in [2.05, 4.69) is 43.4 Å². The van der Waals surface area contributed by atoms with Crippen molar-refractivity contribution in [1.82, 2.24) is 5.32 Å². The summed E-state index contributed by atoms with van der Waals surface area (Å²) in [5.74, 6) is 2.36. The first kappa shape index (κ1) is 18.0. The quantitative estimate of drug-likeness (QED) is 0.633. The summed E-state index contributed by atoms with van der Waals surface area (Å²) >= 11 is 0. The Morgan fingerprint density at radius 2 is 1.67 bits per heavy atom. The highest BCUT2D eigenvalue weighted by Gasteiger charge is 2.18. The molecule has 120 valence electrons. The predicted molar refractivity (Wildman–Crippen MR) is 89.0 cm³/mol. The van der Waals surface area contributed by atoms with Crippen LogP contribution >= 0.6 is 0 Å². The van der Waals surface area contributed by atoms with E-state index in [4.69, 9.17) is 9.47 Å². The second-order valence-electron chi connectivity index (χ2n) is 5.59. The third-order valence-corrected chi connectivity index (χ3v) is 4.26. The van der Waals surface area contributed by atoms with E-state index in [-0.39, 0.29) is 0 Å². The molecule has 3 nitrogen and oxygen atoms in total.